The SMILES string of the molecule is CCCC(CCCc1ccccc1)OCC1CCC(c2ccccc2C)CC1. The predicted octanol–water partition coefficient (Wildman–Crippen LogP) is 7.48. The largest absolute Gasteiger partial charge is 0.378 e. The highest BCUT2D eigenvalue weighted by Gasteiger charge is 2.24. The van der Waals surface area contributed by atoms with Gasteiger partial charge in [0, 0.05) is 6.61 Å². The molecule has 0 amide bonds. The van der Waals surface area contributed by atoms with Crippen molar-refractivity contribution in [2.24, 2.45) is 5.92 Å². The smallest absolute Gasteiger partial charge is 0.0575 e. The van der Waals surface area contributed by atoms with E-state index in [0.717, 1.165) is 18.4 Å². The third-order valence-electron chi connectivity index (χ3n) is 6.49. The fourth-order valence-electron chi connectivity index (χ4n) is 4.77. The normalized spacial score (nSPS) is 20.8. The summed E-state index contributed by atoms with van der Waals surface area (Å²) in [5.74, 6) is 1.52. The van der Waals surface area contributed by atoms with Crippen LogP contribution in [0.5, 0.6) is 0 Å². The molecule has 1 heteroatoms. The van der Waals surface area contributed by atoms with Gasteiger partial charge in [0.05, 0.1) is 6.10 Å². The topological polar surface area (TPSA) is 9.23 Å². The number of ether oxygens (including phenoxy) is 1. The molecule has 2 aromatic rings. The molecule has 0 saturated heterocycles. The Kier molecular flexibility index (Phi) is 8.61. The molecule has 1 atom stereocenters. The first-order valence-corrected chi connectivity index (χ1v) is 11.5. The molecule has 1 saturated carbocycles. The highest BCUT2D eigenvalue weighted by atomic mass is 16.5. The summed E-state index contributed by atoms with van der Waals surface area (Å²) in [6, 6.07) is 19.8. The van der Waals surface area contributed by atoms with Gasteiger partial charge in [0.2, 0.25) is 0 Å². The Balaban J connectivity index is 1.39. The first kappa shape index (κ1) is 21.1. The summed E-state index contributed by atoms with van der Waals surface area (Å²) in [6.45, 7) is 5.51. The number of rotatable bonds is 10. The highest BCUT2D eigenvalue weighted by Crippen LogP contribution is 2.37. The maximum atomic E-state index is 6.42. The average Bonchev–Trinajstić information content (AvgIpc) is 2.74. The highest BCUT2D eigenvalue weighted by molar-refractivity contribution is 5.29. The third-order valence-corrected chi connectivity index (χ3v) is 6.49. The van der Waals surface area contributed by atoms with Crippen LogP contribution in [-0.4, -0.2) is 12.7 Å². The van der Waals surface area contributed by atoms with Gasteiger partial charge in [0.15, 0.2) is 0 Å². The van der Waals surface area contributed by atoms with E-state index in [1.54, 1.807) is 5.56 Å². The summed E-state index contributed by atoms with van der Waals surface area (Å²) in [7, 11) is 0. The monoisotopic (exact) mass is 378 g/mol. The lowest BCUT2D eigenvalue weighted by Crippen LogP contribution is -2.22. The van der Waals surface area contributed by atoms with Crippen molar-refractivity contribution in [2.45, 2.75) is 83.7 Å². The van der Waals surface area contributed by atoms with Gasteiger partial charge in [0.1, 0.15) is 0 Å². The second-order valence-electron chi connectivity index (χ2n) is 8.70. The van der Waals surface area contributed by atoms with Crippen molar-refractivity contribution in [2.75, 3.05) is 6.61 Å². The molecule has 0 aliphatic heterocycles. The number of benzene rings is 2. The van der Waals surface area contributed by atoms with Crippen LogP contribution >= 0.6 is 0 Å². The third kappa shape index (κ3) is 6.48. The summed E-state index contributed by atoms with van der Waals surface area (Å²) in [6.07, 6.45) is 11.8. The van der Waals surface area contributed by atoms with Crippen LogP contribution in [0.4, 0.5) is 0 Å². The summed E-state index contributed by atoms with van der Waals surface area (Å²) in [4.78, 5) is 0. The van der Waals surface area contributed by atoms with Crippen molar-refractivity contribution < 1.29 is 4.74 Å². The fourth-order valence-corrected chi connectivity index (χ4v) is 4.77. The minimum Gasteiger partial charge on any atom is -0.378 e. The van der Waals surface area contributed by atoms with Crippen LogP contribution in [0.15, 0.2) is 54.6 Å². The van der Waals surface area contributed by atoms with Gasteiger partial charge in [-0.2, -0.15) is 0 Å². The van der Waals surface area contributed by atoms with Gasteiger partial charge in [-0.05, 0) is 86.8 Å². The molecule has 1 fully saturated rings. The molecule has 1 aliphatic rings. The molecular weight excluding hydrogens is 340 g/mol. The van der Waals surface area contributed by atoms with Gasteiger partial charge in [0.25, 0.3) is 0 Å². The van der Waals surface area contributed by atoms with Crippen molar-refractivity contribution in [1.82, 2.24) is 0 Å². The van der Waals surface area contributed by atoms with Gasteiger partial charge in [-0.25, -0.2) is 0 Å². The van der Waals surface area contributed by atoms with Crippen LogP contribution in [0.2, 0.25) is 0 Å². The minimum atomic E-state index is 0.447. The van der Waals surface area contributed by atoms with Gasteiger partial charge in [-0.15, -0.1) is 0 Å². The summed E-state index contributed by atoms with van der Waals surface area (Å²) in [5, 5.41) is 0. The van der Waals surface area contributed by atoms with Crippen LogP contribution in [-0.2, 0) is 11.2 Å². The van der Waals surface area contributed by atoms with E-state index in [1.165, 1.54) is 68.9 Å². The second-order valence-corrected chi connectivity index (χ2v) is 8.70. The first-order chi connectivity index (χ1) is 13.8. The van der Waals surface area contributed by atoms with Crippen LogP contribution in [0, 0.1) is 12.8 Å². The molecule has 3 rings (SSSR count). The summed E-state index contributed by atoms with van der Waals surface area (Å²) >= 11 is 0. The molecule has 0 spiro atoms. The predicted molar refractivity (Wildman–Crippen MR) is 120 cm³/mol. The number of hydrogen-bond acceptors (Lipinski definition) is 1. The van der Waals surface area contributed by atoms with E-state index < -0.39 is 0 Å². The number of hydrogen-bond donors (Lipinski definition) is 0. The molecule has 1 aliphatic carbocycles. The maximum Gasteiger partial charge on any atom is 0.0575 e. The molecular formula is C27H38O. The van der Waals surface area contributed by atoms with Crippen molar-refractivity contribution in [3.63, 3.8) is 0 Å². The molecule has 1 nitrogen and oxygen atoms in total. The van der Waals surface area contributed by atoms with E-state index in [4.69, 9.17) is 4.74 Å². The standard InChI is InChI=1S/C27H38O/c1-3-10-26(15-9-14-23-12-5-4-6-13-23)28-21-24-17-19-25(20-18-24)27-16-8-7-11-22(27)2/h4-8,11-13,16,24-26H,3,9-10,14-15,17-21H2,1-2H3. The average molecular weight is 379 g/mol. The van der Waals surface area contributed by atoms with E-state index in [0.29, 0.717) is 6.10 Å². The molecule has 1 unspecified atom stereocenters. The van der Waals surface area contributed by atoms with Crippen LogP contribution in [0.1, 0.15) is 80.9 Å². The molecule has 0 radical (unpaired) electrons. The first-order valence-electron chi connectivity index (χ1n) is 11.5. The van der Waals surface area contributed by atoms with E-state index in [9.17, 15) is 0 Å². The van der Waals surface area contributed by atoms with Crippen LogP contribution in [0.25, 0.3) is 0 Å². The van der Waals surface area contributed by atoms with Gasteiger partial charge in [-0.3, -0.25) is 0 Å². The zero-order chi connectivity index (χ0) is 19.6. The molecule has 0 heterocycles. The van der Waals surface area contributed by atoms with E-state index >= 15 is 0 Å². The van der Waals surface area contributed by atoms with Gasteiger partial charge < -0.3 is 4.74 Å². The fraction of sp³-hybridized carbons (Fsp3) is 0.556. The zero-order valence-corrected chi connectivity index (χ0v) is 17.9. The van der Waals surface area contributed by atoms with Gasteiger partial charge in [-0.1, -0.05) is 67.9 Å². The van der Waals surface area contributed by atoms with Crippen LogP contribution in [0.3, 0.4) is 0 Å². The Labute approximate surface area is 172 Å². The molecule has 2 aromatic carbocycles. The molecule has 0 bridgehead atoms. The minimum absolute atomic E-state index is 0.447. The Bertz CT molecular complexity index is 670. The molecule has 0 aromatic heterocycles. The maximum absolute atomic E-state index is 6.42. The lowest BCUT2D eigenvalue weighted by Gasteiger charge is -2.30. The van der Waals surface area contributed by atoms with Gasteiger partial charge >= 0.3 is 0 Å². The van der Waals surface area contributed by atoms with E-state index in [1.807, 2.05) is 0 Å². The Morgan fingerprint density at radius 2 is 1.61 bits per heavy atom. The van der Waals surface area contributed by atoms with Crippen molar-refractivity contribution >= 4 is 0 Å². The van der Waals surface area contributed by atoms with E-state index in [2.05, 4.69) is 68.4 Å². The zero-order valence-electron chi connectivity index (χ0n) is 17.9. The molecule has 152 valence electrons. The molecule has 28 heavy (non-hydrogen) atoms. The summed E-state index contributed by atoms with van der Waals surface area (Å²) < 4.78 is 6.42. The lowest BCUT2D eigenvalue weighted by atomic mass is 9.78. The second kappa shape index (κ2) is 11.4. The molecule has 0 N–H and O–H groups in total. The Morgan fingerprint density at radius 1 is 0.893 bits per heavy atom. The van der Waals surface area contributed by atoms with Crippen LogP contribution < -0.4 is 0 Å². The quantitative estimate of drug-likeness (QED) is 0.416. The van der Waals surface area contributed by atoms with Crippen molar-refractivity contribution in [1.29, 1.82) is 0 Å². The number of aryl methyl sites for hydroxylation is 2. The van der Waals surface area contributed by atoms with E-state index in [-0.39, 0.29) is 0 Å². The van der Waals surface area contributed by atoms with Crippen molar-refractivity contribution in [3.8, 4) is 0 Å². The summed E-state index contributed by atoms with van der Waals surface area (Å²) in [5.41, 5.74) is 4.49. The Morgan fingerprint density at radius 3 is 2.32 bits per heavy atom. The van der Waals surface area contributed by atoms with Crippen molar-refractivity contribution in [3.05, 3.63) is 71.3 Å². The Hall–Kier alpha value is -1.60. The lowest BCUT2D eigenvalue weighted by molar-refractivity contribution is 0.00909.